The van der Waals surface area contributed by atoms with Crippen LogP contribution in [0.1, 0.15) is 36.0 Å². The van der Waals surface area contributed by atoms with Crippen molar-refractivity contribution >= 4 is 11.0 Å². The molecule has 0 saturated heterocycles. The molecule has 0 bridgehead atoms. The summed E-state index contributed by atoms with van der Waals surface area (Å²) in [7, 11) is 0. The molecule has 102 valence electrons. The third-order valence-corrected chi connectivity index (χ3v) is 3.83. The zero-order chi connectivity index (χ0) is 13.7. The Kier molecular flexibility index (Phi) is 2.44. The number of aliphatic hydroxyl groups is 1. The van der Waals surface area contributed by atoms with Crippen molar-refractivity contribution in [3.63, 3.8) is 0 Å². The molecule has 0 radical (unpaired) electrons. The standard InChI is InChI=1S/C15H15N3O2/c1-8-14(13(7-19)20-18-8)10-4-5-11-12(6-10)17-15(16-11)9-2-3-9/h4-6,9,19H,2-3,7H2,1H3,(H,16,17). The summed E-state index contributed by atoms with van der Waals surface area (Å²) in [5.41, 5.74) is 4.66. The summed E-state index contributed by atoms with van der Waals surface area (Å²) in [5, 5.41) is 13.3. The number of aromatic nitrogens is 3. The molecule has 0 aliphatic heterocycles. The second-order valence-electron chi connectivity index (χ2n) is 5.35. The van der Waals surface area contributed by atoms with Crippen LogP contribution >= 0.6 is 0 Å². The lowest BCUT2D eigenvalue weighted by atomic mass is 10.0. The SMILES string of the molecule is Cc1noc(CO)c1-c1ccc2nc(C3CC3)[nH]c2c1. The van der Waals surface area contributed by atoms with Crippen LogP contribution in [0.3, 0.4) is 0 Å². The van der Waals surface area contributed by atoms with Gasteiger partial charge in [0.15, 0.2) is 5.76 Å². The molecule has 0 unspecified atom stereocenters. The van der Waals surface area contributed by atoms with Gasteiger partial charge in [0, 0.05) is 5.92 Å². The van der Waals surface area contributed by atoms with E-state index in [0.717, 1.165) is 33.7 Å². The lowest BCUT2D eigenvalue weighted by Crippen LogP contribution is -1.86. The molecule has 1 aromatic carbocycles. The average molecular weight is 269 g/mol. The van der Waals surface area contributed by atoms with Gasteiger partial charge in [0.25, 0.3) is 0 Å². The van der Waals surface area contributed by atoms with Crippen molar-refractivity contribution in [2.24, 2.45) is 0 Å². The monoisotopic (exact) mass is 269 g/mol. The van der Waals surface area contributed by atoms with Gasteiger partial charge in [-0.3, -0.25) is 0 Å². The van der Waals surface area contributed by atoms with Crippen LogP contribution in [0.5, 0.6) is 0 Å². The Hall–Kier alpha value is -2.14. The third kappa shape index (κ3) is 1.74. The summed E-state index contributed by atoms with van der Waals surface area (Å²) >= 11 is 0. The Morgan fingerprint density at radius 1 is 1.40 bits per heavy atom. The van der Waals surface area contributed by atoms with Crippen molar-refractivity contribution in [2.45, 2.75) is 32.3 Å². The number of fused-ring (bicyclic) bond motifs is 1. The van der Waals surface area contributed by atoms with Gasteiger partial charge in [-0.25, -0.2) is 4.98 Å². The van der Waals surface area contributed by atoms with Crippen molar-refractivity contribution < 1.29 is 9.63 Å². The fraction of sp³-hybridized carbons (Fsp3) is 0.333. The molecule has 4 rings (SSSR count). The summed E-state index contributed by atoms with van der Waals surface area (Å²) in [5.74, 6) is 2.20. The van der Waals surface area contributed by atoms with Gasteiger partial charge >= 0.3 is 0 Å². The van der Waals surface area contributed by atoms with Crippen LogP contribution in [-0.4, -0.2) is 20.2 Å². The van der Waals surface area contributed by atoms with E-state index in [-0.39, 0.29) is 6.61 Å². The molecule has 2 N–H and O–H groups in total. The molecule has 5 heteroatoms. The molecule has 2 aromatic heterocycles. The van der Waals surface area contributed by atoms with Gasteiger partial charge in [-0.2, -0.15) is 0 Å². The molecule has 2 heterocycles. The van der Waals surface area contributed by atoms with Gasteiger partial charge in [0.1, 0.15) is 12.4 Å². The highest BCUT2D eigenvalue weighted by molar-refractivity contribution is 5.83. The molecule has 1 aliphatic carbocycles. The predicted molar refractivity (Wildman–Crippen MR) is 74.2 cm³/mol. The van der Waals surface area contributed by atoms with E-state index >= 15 is 0 Å². The predicted octanol–water partition coefficient (Wildman–Crippen LogP) is 2.90. The first-order valence-corrected chi connectivity index (χ1v) is 6.82. The maximum atomic E-state index is 9.34. The maximum absolute atomic E-state index is 9.34. The van der Waals surface area contributed by atoms with Crippen LogP contribution in [0, 0.1) is 6.92 Å². The molecule has 1 saturated carbocycles. The number of nitrogens with zero attached hydrogens (tertiary/aromatic N) is 2. The molecular weight excluding hydrogens is 254 g/mol. The minimum atomic E-state index is -0.148. The smallest absolute Gasteiger partial charge is 0.170 e. The lowest BCUT2D eigenvalue weighted by Gasteiger charge is -2.01. The maximum Gasteiger partial charge on any atom is 0.170 e. The van der Waals surface area contributed by atoms with Gasteiger partial charge in [0.05, 0.1) is 22.3 Å². The largest absolute Gasteiger partial charge is 0.388 e. The van der Waals surface area contributed by atoms with Crippen molar-refractivity contribution in [3.05, 3.63) is 35.5 Å². The molecule has 5 nitrogen and oxygen atoms in total. The van der Waals surface area contributed by atoms with Crippen LogP contribution in [-0.2, 0) is 6.61 Å². The summed E-state index contributed by atoms with van der Waals surface area (Å²) in [6.45, 7) is 1.73. The van der Waals surface area contributed by atoms with E-state index in [1.54, 1.807) is 0 Å². The van der Waals surface area contributed by atoms with Crippen molar-refractivity contribution in [2.75, 3.05) is 0 Å². The molecule has 3 aromatic rings. The van der Waals surface area contributed by atoms with E-state index in [1.807, 2.05) is 25.1 Å². The molecule has 20 heavy (non-hydrogen) atoms. The number of aromatic amines is 1. The van der Waals surface area contributed by atoms with E-state index in [2.05, 4.69) is 15.1 Å². The molecule has 0 spiro atoms. The summed E-state index contributed by atoms with van der Waals surface area (Å²) in [4.78, 5) is 8.01. The van der Waals surface area contributed by atoms with Gasteiger partial charge < -0.3 is 14.6 Å². The van der Waals surface area contributed by atoms with E-state index in [1.165, 1.54) is 12.8 Å². The molecule has 0 amide bonds. The third-order valence-electron chi connectivity index (χ3n) is 3.83. The van der Waals surface area contributed by atoms with E-state index < -0.39 is 0 Å². The minimum Gasteiger partial charge on any atom is -0.388 e. The van der Waals surface area contributed by atoms with Crippen LogP contribution in [0.2, 0.25) is 0 Å². The Balaban J connectivity index is 1.85. The number of imidazole rings is 1. The second-order valence-corrected chi connectivity index (χ2v) is 5.35. The normalized spacial score (nSPS) is 15.1. The Labute approximate surface area is 115 Å². The highest BCUT2D eigenvalue weighted by Crippen LogP contribution is 2.39. The van der Waals surface area contributed by atoms with Crippen molar-refractivity contribution in [1.29, 1.82) is 0 Å². The van der Waals surface area contributed by atoms with Crippen LogP contribution in [0.25, 0.3) is 22.2 Å². The van der Waals surface area contributed by atoms with E-state index in [4.69, 9.17) is 4.52 Å². The van der Waals surface area contributed by atoms with E-state index in [0.29, 0.717) is 11.7 Å². The Morgan fingerprint density at radius 2 is 2.25 bits per heavy atom. The fourth-order valence-corrected chi connectivity index (χ4v) is 2.63. The van der Waals surface area contributed by atoms with E-state index in [9.17, 15) is 5.11 Å². The van der Waals surface area contributed by atoms with Crippen molar-refractivity contribution in [3.8, 4) is 11.1 Å². The molecular formula is C15H15N3O2. The number of hydrogen-bond donors (Lipinski definition) is 2. The van der Waals surface area contributed by atoms with Gasteiger partial charge in [-0.1, -0.05) is 11.2 Å². The molecule has 0 atom stereocenters. The topological polar surface area (TPSA) is 74.9 Å². The zero-order valence-electron chi connectivity index (χ0n) is 11.2. The average Bonchev–Trinajstić information content (AvgIpc) is 3.11. The number of H-pyrrole nitrogens is 1. The van der Waals surface area contributed by atoms with Crippen LogP contribution in [0.4, 0.5) is 0 Å². The van der Waals surface area contributed by atoms with Crippen LogP contribution < -0.4 is 0 Å². The minimum absolute atomic E-state index is 0.148. The first-order chi connectivity index (χ1) is 9.76. The Morgan fingerprint density at radius 3 is 3.00 bits per heavy atom. The Bertz CT molecular complexity index is 784. The first kappa shape index (κ1) is 11.7. The van der Waals surface area contributed by atoms with Crippen LogP contribution in [0.15, 0.2) is 22.7 Å². The highest BCUT2D eigenvalue weighted by Gasteiger charge is 2.26. The second kappa shape index (κ2) is 4.18. The molecule has 1 fully saturated rings. The number of nitrogens with one attached hydrogen (secondary N) is 1. The number of aryl methyl sites for hydroxylation is 1. The quantitative estimate of drug-likeness (QED) is 0.766. The van der Waals surface area contributed by atoms with Gasteiger partial charge in [-0.15, -0.1) is 0 Å². The first-order valence-electron chi connectivity index (χ1n) is 6.82. The number of hydrogen-bond acceptors (Lipinski definition) is 4. The highest BCUT2D eigenvalue weighted by atomic mass is 16.5. The zero-order valence-corrected chi connectivity index (χ0v) is 11.2. The number of benzene rings is 1. The summed E-state index contributed by atoms with van der Waals surface area (Å²) in [6, 6.07) is 6.05. The number of rotatable bonds is 3. The lowest BCUT2D eigenvalue weighted by molar-refractivity contribution is 0.229. The summed E-state index contributed by atoms with van der Waals surface area (Å²) in [6.07, 6.45) is 2.46. The van der Waals surface area contributed by atoms with Crippen molar-refractivity contribution in [1.82, 2.24) is 15.1 Å². The fourth-order valence-electron chi connectivity index (χ4n) is 2.63. The summed E-state index contributed by atoms with van der Waals surface area (Å²) < 4.78 is 5.14. The number of aliphatic hydroxyl groups excluding tert-OH is 1. The molecule has 1 aliphatic rings. The van der Waals surface area contributed by atoms with Gasteiger partial charge in [0.2, 0.25) is 0 Å². The van der Waals surface area contributed by atoms with Gasteiger partial charge in [-0.05, 0) is 37.5 Å².